The monoisotopic (exact) mass is 234 g/mol. The summed E-state index contributed by atoms with van der Waals surface area (Å²) in [5, 5.41) is 11.5. The van der Waals surface area contributed by atoms with Gasteiger partial charge in [0.1, 0.15) is 5.75 Å². The van der Waals surface area contributed by atoms with Gasteiger partial charge in [0, 0.05) is 16.3 Å². The highest BCUT2D eigenvalue weighted by Gasteiger charge is 2.17. The molecule has 0 atom stereocenters. The highest BCUT2D eigenvalue weighted by molar-refractivity contribution is 7.18. The molecule has 0 aliphatic rings. The van der Waals surface area contributed by atoms with E-state index >= 15 is 0 Å². The Morgan fingerprint density at radius 3 is 2.71 bits per heavy atom. The van der Waals surface area contributed by atoms with Crippen molar-refractivity contribution in [2.75, 3.05) is 0 Å². The van der Waals surface area contributed by atoms with E-state index in [2.05, 4.69) is 0 Å². The molecular formula is C9H5ClF2OS. The van der Waals surface area contributed by atoms with Crippen molar-refractivity contribution in [3.05, 3.63) is 28.1 Å². The predicted molar refractivity (Wildman–Crippen MR) is 53.5 cm³/mol. The molecule has 0 fully saturated rings. The van der Waals surface area contributed by atoms with Crippen LogP contribution in [0.1, 0.15) is 12.0 Å². The summed E-state index contributed by atoms with van der Waals surface area (Å²) in [6.45, 7) is 0. The molecule has 2 rings (SSSR count). The summed E-state index contributed by atoms with van der Waals surface area (Å²) < 4.78 is 25.5. The molecule has 1 heterocycles. The molecule has 0 unspecified atom stereocenters. The summed E-state index contributed by atoms with van der Waals surface area (Å²) in [6, 6.07) is 2.46. The summed E-state index contributed by atoms with van der Waals surface area (Å²) in [5.41, 5.74) is -0.135. The van der Waals surface area contributed by atoms with Crippen molar-refractivity contribution in [2.24, 2.45) is 0 Å². The second-order valence-corrected chi connectivity index (χ2v) is 4.05. The van der Waals surface area contributed by atoms with Gasteiger partial charge in [-0.2, -0.15) is 0 Å². The Kier molecular flexibility index (Phi) is 2.33. The van der Waals surface area contributed by atoms with Gasteiger partial charge in [0.15, 0.2) is 0 Å². The van der Waals surface area contributed by atoms with Crippen LogP contribution < -0.4 is 0 Å². The van der Waals surface area contributed by atoms with E-state index in [4.69, 9.17) is 11.6 Å². The van der Waals surface area contributed by atoms with Gasteiger partial charge in [0.25, 0.3) is 6.43 Å². The number of benzene rings is 1. The topological polar surface area (TPSA) is 20.2 Å². The van der Waals surface area contributed by atoms with Crippen LogP contribution in [0.2, 0.25) is 5.02 Å². The van der Waals surface area contributed by atoms with Gasteiger partial charge in [-0.15, -0.1) is 11.3 Å². The Balaban J connectivity index is 2.85. The third kappa shape index (κ3) is 1.35. The van der Waals surface area contributed by atoms with Crippen molar-refractivity contribution in [2.45, 2.75) is 6.43 Å². The number of aromatic hydroxyl groups is 1. The lowest BCUT2D eigenvalue weighted by Crippen LogP contribution is -1.84. The maximum atomic E-state index is 12.6. The van der Waals surface area contributed by atoms with Crippen molar-refractivity contribution in [1.29, 1.82) is 0 Å². The molecule has 0 spiro atoms. The van der Waals surface area contributed by atoms with Crippen LogP contribution in [-0.4, -0.2) is 5.11 Å². The predicted octanol–water partition coefficient (Wildman–Crippen LogP) is 4.20. The highest BCUT2D eigenvalue weighted by Crippen LogP contribution is 2.41. The number of thiophene rings is 1. The van der Waals surface area contributed by atoms with Gasteiger partial charge in [-0.25, -0.2) is 8.78 Å². The van der Waals surface area contributed by atoms with E-state index in [1.807, 2.05) is 0 Å². The fourth-order valence-electron chi connectivity index (χ4n) is 1.30. The third-order valence-corrected chi connectivity index (χ3v) is 3.35. The van der Waals surface area contributed by atoms with Crippen molar-refractivity contribution < 1.29 is 13.9 Å². The standard InChI is InChI=1S/C9H5ClF2OS/c10-5-3-14-8-6(13)2-1-4(7(5)8)9(11)12/h1-3,9,13H. The van der Waals surface area contributed by atoms with Crippen molar-refractivity contribution >= 4 is 33.0 Å². The molecule has 1 nitrogen and oxygen atoms in total. The first-order chi connectivity index (χ1) is 6.61. The minimum absolute atomic E-state index is 0.0127. The molecule has 0 aliphatic heterocycles. The van der Waals surface area contributed by atoms with E-state index in [1.54, 1.807) is 0 Å². The van der Waals surface area contributed by atoms with Crippen molar-refractivity contribution in [3.8, 4) is 5.75 Å². The summed E-state index contributed by atoms with van der Waals surface area (Å²) in [5.74, 6) is -0.0127. The van der Waals surface area contributed by atoms with Gasteiger partial charge in [0.2, 0.25) is 0 Å². The number of hydrogen-bond acceptors (Lipinski definition) is 2. The fourth-order valence-corrected chi connectivity index (χ4v) is 2.57. The summed E-state index contributed by atoms with van der Waals surface area (Å²) in [6.07, 6.45) is -2.58. The zero-order valence-corrected chi connectivity index (χ0v) is 8.37. The number of rotatable bonds is 1. The van der Waals surface area contributed by atoms with Crippen LogP contribution in [0.25, 0.3) is 10.1 Å². The molecule has 0 saturated heterocycles. The average molecular weight is 235 g/mol. The Morgan fingerprint density at radius 2 is 2.07 bits per heavy atom. The van der Waals surface area contributed by atoms with Crippen LogP contribution >= 0.6 is 22.9 Å². The van der Waals surface area contributed by atoms with E-state index in [1.165, 1.54) is 17.5 Å². The highest BCUT2D eigenvalue weighted by atomic mass is 35.5. The molecule has 0 bridgehead atoms. The van der Waals surface area contributed by atoms with E-state index in [0.717, 1.165) is 11.3 Å². The fraction of sp³-hybridized carbons (Fsp3) is 0.111. The number of phenolic OH excluding ortho intramolecular Hbond substituents is 1. The lowest BCUT2D eigenvalue weighted by Gasteiger charge is -2.03. The first-order valence-corrected chi connectivity index (χ1v) is 5.03. The zero-order valence-electron chi connectivity index (χ0n) is 6.80. The second-order valence-electron chi connectivity index (χ2n) is 2.76. The maximum Gasteiger partial charge on any atom is 0.264 e. The smallest absolute Gasteiger partial charge is 0.264 e. The number of hydrogen-bond donors (Lipinski definition) is 1. The summed E-state index contributed by atoms with van der Waals surface area (Å²) in [7, 11) is 0. The number of alkyl halides is 2. The minimum Gasteiger partial charge on any atom is -0.506 e. The molecule has 1 N–H and O–H groups in total. The molecule has 1 aromatic carbocycles. The van der Waals surface area contributed by atoms with Gasteiger partial charge in [-0.1, -0.05) is 11.6 Å². The van der Waals surface area contributed by atoms with Crippen LogP contribution in [0.4, 0.5) is 8.78 Å². The SMILES string of the molecule is Oc1ccc(C(F)F)c2c(Cl)csc12. The van der Waals surface area contributed by atoms with Gasteiger partial charge >= 0.3 is 0 Å². The Morgan fingerprint density at radius 1 is 1.36 bits per heavy atom. The zero-order chi connectivity index (χ0) is 10.3. The number of halogens is 3. The molecule has 0 aliphatic carbocycles. The Labute approximate surface area is 87.5 Å². The quantitative estimate of drug-likeness (QED) is 0.784. The van der Waals surface area contributed by atoms with E-state index in [0.29, 0.717) is 4.70 Å². The normalized spacial score (nSPS) is 11.4. The van der Waals surface area contributed by atoms with Crippen LogP contribution in [-0.2, 0) is 0 Å². The van der Waals surface area contributed by atoms with Gasteiger partial charge in [0.05, 0.1) is 9.72 Å². The summed E-state index contributed by atoms with van der Waals surface area (Å²) in [4.78, 5) is 0. The molecule has 0 amide bonds. The van der Waals surface area contributed by atoms with E-state index in [9.17, 15) is 13.9 Å². The van der Waals surface area contributed by atoms with Gasteiger partial charge in [-0.3, -0.25) is 0 Å². The van der Waals surface area contributed by atoms with Crippen LogP contribution in [0, 0.1) is 0 Å². The van der Waals surface area contributed by atoms with E-state index in [-0.39, 0.29) is 21.7 Å². The van der Waals surface area contributed by atoms with Crippen molar-refractivity contribution in [1.82, 2.24) is 0 Å². The number of fused-ring (bicyclic) bond motifs is 1. The van der Waals surface area contributed by atoms with Crippen LogP contribution in [0.5, 0.6) is 5.75 Å². The Bertz CT molecular complexity index is 481. The molecule has 5 heteroatoms. The Hall–Kier alpha value is -0.870. The van der Waals surface area contributed by atoms with Crippen LogP contribution in [0.3, 0.4) is 0 Å². The third-order valence-electron chi connectivity index (χ3n) is 1.92. The number of phenols is 1. The maximum absolute atomic E-state index is 12.6. The largest absolute Gasteiger partial charge is 0.506 e. The first-order valence-electron chi connectivity index (χ1n) is 3.78. The first kappa shape index (κ1) is 9.68. The molecule has 2 aromatic rings. The van der Waals surface area contributed by atoms with Gasteiger partial charge < -0.3 is 5.11 Å². The van der Waals surface area contributed by atoms with Crippen LogP contribution in [0.15, 0.2) is 17.5 Å². The minimum atomic E-state index is -2.58. The average Bonchev–Trinajstić information content (AvgIpc) is 2.50. The van der Waals surface area contributed by atoms with Gasteiger partial charge in [-0.05, 0) is 12.1 Å². The molecular weight excluding hydrogens is 230 g/mol. The molecule has 1 aromatic heterocycles. The molecule has 14 heavy (non-hydrogen) atoms. The lowest BCUT2D eigenvalue weighted by atomic mass is 10.1. The second kappa shape index (κ2) is 3.37. The lowest BCUT2D eigenvalue weighted by molar-refractivity contribution is 0.153. The summed E-state index contributed by atoms with van der Waals surface area (Å²) >= 11 is 6.92. The molecule has 74 valence electrons. The molecule has 0 radical (unpaired) electrons. The van der Waals surface area contributed by atoms with E-state index < -0.39 is 6.43 Å². The van der Waals surface area contributed by atoms with Crippen molar-refractivity contribution in [3.63, 3.8) is 0 Å². The molecule has 0 saturated carbocycles.